The van der Waals surface area contributed by atoms with Gasteiger partial charge in [0.05, 0.1) is 18.5 Å². The van der Waals surface area contributed by atoms with Crippen LogP contribution in [-0.4, -0.2) is 47.6 Å². The molecular formula is C7H15N5O2S. The summed E-state index contributed by atoms with van der Waals surface area (Å²) in [5.74, 6) is 0.423. The van der Waals surface area contributed by atoms with Crippen molar-refractivity contribution >= 4 is 15.8 Å². The number of aryl methyl sites for hydroxylation is 1. The highest BCUT2D eigenvalue weighted by atomic mass is 32.2. The first-order valence-corrected chi connectivity index (χ1v) is 6.08. The molecule has 0 unspecified atom stereocenters. The third kappa shape index (κ3) is 3.48. The molecule has 86 valence electrons. The normalized spacial score (nSPS) is 12.2. The maximum atomic E-state index is 11.4. The largest absolute Gasteiger partial charge is 0.381 e. The standard InChI is InChI=1S/C7H15N5O2S/c1-11(2)15(13,14)5-3-4-12-9-6-7(8)10-12/h6H,3-5H2,1-2H3,(H2,8,10). The van der Waals surface area contributed by atoms with Gasteiger partial charge in [0.25, 0.3) is 0 Å². The molecule has 0 fully saturated rings. The number of anilines is 1. The Bertz CT molecular complexity index is 411. The van der Waals surface area contributed by atoms with Crippen molar-refractivity contribution in [3.63, 3.8) is 0 Å². The zero-order valence-corrected chi connectivity index (χ0v) is 9.61. The summed E-state index contributed by atoms with van der Waals surface area (Å²) in [4.78, 5) is 1.39. The van der Waals surface area contributed by atoms with Crippen LogP contribution in [-0.2, 0) is 16.6 Å². The van der Waals surface area contributed by atoms with E-state index in [1.165, 1.54) is 29.4 Å². The van der Waals surface area contributed by atoms with Crippen LogP contribution in [0.1, 0.15) is 6.42 Å². The topological polar surface area (TPSA) is 94.1 Å². The fourth-order valence-electron chi connectivity index (χ4n) is 0.989. The third-order valence-corrected chi connectivity index (χ3v) is 3.79. The molecule has 0 atom stereocenters. The molecule has 8 heteroatoms. The Kier molecular flexibility index (Phi) is 3.64. The monoisotopic (exact) mass is 233 g/mol. The van der Waals surface area contributed by atoms with E-state index in [9.17, 15) is 8.42 Å². The molecule has 2 N–H and O–H groups in total. The van der Waals surface area contributed by atoms with Crippen molar-refractivity contribution in [1.82, 2.24) is 19.3 Å². The Hall–Kier alpha value is -1.15. The van der Waals surface area contributed by atoms with Crippen LogP contribution in [0.25, 0.3) is 0 Å². The van der Waals surface area contributed by atoms with E-state index in [1.54, 1.807) is 0 Å². The molecule has 1 aromatic rings. The number of nitrogens with zero attached hydrogens (tertiary/aromatic N) is 4. The number of nitrogen functional groups attached to an aromatic ring is 1. The predicted molar refractivity (Wildman–Crippen MR) is 56.5 cm³/mol. The van der Waals surface area contributed by atoms with E-state index in [-0.39, 0.29) is 5.75 Å². The number of rotatable bonds is 5. The Morgan fingerprint density at radius 2 is 2.20 bits per heavy atom. The van der Waals surface area contributed by atoms with Gasteiger partial charge < -0.3 is 5.73 Å². The van der Waals surface area contributed by atoms with Gasteiger partial charge in [-0.1, -0.05) is 0 Å². The summed E-state index contributed by atoms with van der Waals surface area (Å²) in [7, 11) is -0.102. The summed E-state index contributed by atoms with van der Waals surface area (Å²) in [6, 6.07) is 0. The molecule has 0 aliphatic carbocycles. The van der Waals surface area contributed by atoms with Crippen LogP contribution in [0.15, 0.2) is 6.20 Å². The molecule has 1 rings (SSSR count). The van der Waals surface area contributed by atoms with Gasteiger partial charge >= 0.3 is 0 Å². The Balaban J connectivity index is 2.40. The summed E-state index contributed by atoms with van der Waals surface area (Å²) >= 11 is 0. The lowest BCUT2D eigenvalue weighted by Gasteiger charge is -2.10. The smallest absolute Gasteiger partial charge is 0.213 e. The van der Waals surface area contributed by atoms with Gasteiger partial charge in [0.1, 0.15) is 0 Å². The number of sulfonamides is 1. The lowest BCUT2D eigenvalue weighted by atomic mass is 10.5. The Labute approximate surface area is 88.9 Å². The van der Waals surface area contributed by atoms with Gasteiger partial charge in [0, 0.05) is 14.1 Å². The first kappa shape index (κ1) is 11.9. The molecular weight excluding hydrogens is 218 g/mol. The Morgan fingerprint density at radius 1 is 1.53 bits per heavy atom. The molecule has 0 saturated heterocycles. The van der Waals surface area contributed by atoms with Gasteiger partial charge in [0.2, 0.25) is 10.0 Å². The van der Waals surface area contributed by atoms with E-state index in [0.717, 1.165) is 0 Å². The zero-order chi connectivity index (χ0) is 11.5. The summed E-state index contributed by atoms with van der Waals surface area (Å²) < 4.78 is 24.0. The van der Waals surface area contributed by atoms with Crippen LogP contribution in [0.5, 0.6) is 0 Å². The van der Waals surface area contributed by atoms with E-state index in [1.807, 2.05) is 0 Å². The molecule has 0 bridgehead atoms. The first-order chi connectivity index (χ1) is 6.92. The van der Waals surface area contributed by atoms with Crippen molar-refractivity contribution in [2.45, 2.75) is 13.0 Å². The number of aromatic nitrogens is 3. The second kappa shape index (κ2) is 4.58. The zero-order valence-electron chi connectivity index (χ0n) is 8.79. The van der Waals surface area contributed by atoms with E-state index in [0.29, 0.717) is 18.8 Å². The highest BCUT2D eigenvalue weighted by Gasteiger charge is 2.12. The summed E-state index contributed by atoms with van der Waals surface area (Å²) in [6.45, 7) is 0.449. The van der Waals surface area contributed by atoms with Crippen molar-refractivity contribution in [3.05, 3.63) is 6.20 Å². The van der Waals surface area contributed by atoms with Gasteiger partial charge in [-0.2, -0.15) is 9.90 Å². The minimum atomic E-state index is -3.13. The predicted octanol–water partition coefficient (Wildman–Crippen LogP) is -0.858. The van der Waals surface area contributed by atoms with E-state index in [4.69, 9.17) is 5.73 Å². The molecule has 0 saturated carbocycles. The number of hydrogen-bond donors (Lipinski definition) is 1. The van der Waals surface area contributed by atoms with Crippen LogP contribution >= 0.6 is 0 Å². The SMILES string of the molecule is CN(C)S(=O)(=O)CCCn1ncc(N)n1. The van der Waals surface area contributed by atoms with Crippen LogP contribution < -0.4 is 5.73 Å². The van der Waals surface area contributed by atoms with E-state index in [2.05, 4.69) is 10.2 Å². The van der Waals surface area contributed by atoms with Crippen molar-refractivity contribution in [3.8, 4) is 0 Å². The average molecular weight is 233 g/mol. The molecule has 1 heterocycles. The molecule has 0 aliphatic rings. The minimum absolute atomic E-state index is 0.0848. The van der Waals surface area contributed by atoms with Crippen LogP contribution in [0, 0.1) is 0 Å². The lowest BCUT2D eigenvalue weighted by Crippen LogP contribution is -2.25. The maximum Gasteiger partial charge on any atom is 0.213 e. The van der Waals surface area contributed by atoms with Gasteiger partial charge in [-0.15, -0.1) is 5.10 Å². The average Bonchev–Trinajstić information content (AvgIpc) is 2.51. The molecule has 0 aliphatic heterocycles. The van der Waals surface area contributed by atoms with Crippen molar-refractivity contribution in [1.29, 1.82) is 0 Å². The third-order valence-electron chi connectivity index (χ3n) is 1.87. The molecule has 15 heavy (non-hydrogen) atoms. The second-order valence-corrected chi connectivity index (χ2v) is 5.62. The van der Waals surface area contributed by atoms with E-state index >= 15 is 0 Å². The number of hydrogen-bond acceptors (Lipinski definition) is 5. The minimum Gasteiger partial charge on any atom is -0.381 e. The maximum absolute atomic E-state index is 11.4. The number of nitrogens with two attached hydrogens (primary N) is 1. The van der Waals surface area contributed by atoms with Gasteiger partial charge in [-0.3, -0.25) is 0 Å². The van der Waals surface area contributed by atoms with Gasteiger partial charge in [0.15, 0.2) is 5.82 Å². The van der Waals surface area contributed by atoms with Crippen molar-refractivity contribution in [2.75, 3.05) is 25.6 Å². The first-order valence-electron chi connectivity index (χ1n) is 4.47. The molecule has 7 nitrogen and oxygen atoms in total. The highest BCUT2D eigenvalue weighted by Crippen LogP contribution is 1.99. The highest BCUT2D eigenvalue weighted by molar-refractivity contribution is 7.89. The Morgan fingerprint density at radius 3 is 2.67 bits per heavy atom. The van der Waals surface area contributed by atoms with Gasteiger partial charge in [-0.05, 0) is 6.42 Å². The quantitative estimate of drug-likeness (QED) is 0.714. The van der Waals surface area contributed by atoms with Gasteiger partial charge in [-0.25, -0.2) is 12.7 Å². The summed E-state index contributed by atoms with van der Waals surface area (Å²) in [6.07, 6.45) is 1.90. The fourth-order valence-corrected chi connectivity index (χ4v) is 1.85. The molecule has 0 spiro atoms. The second-order valence-electron chi connectivity index (χ2n) is 3.32. The van der Waals surface area contributed by atoms with Crippen molar-refractivity contribution in [2.24, 2.45) is 0 Å². The molecule has 0 aromatic carbocycles. The van der Waals surface area contributed by atoms with Crippen molar-refractivity contribution < 1.29 is 8.42 Å². The molecule has 1 aromatic heterocycles. The van der Waals surface area contributed by atoms with Crippen LogP contribution in [0.2, 0.25) is 0 Å². The summed E-state index contributed by atoms with van der Waals surface area (Å²) in [5, 5.41) is 7.70. The van der Waals surface area contributed by atoms with Crippen LogP contribution in [0.3, 0.4) is 0 Å². The molecule has 0 amide bonds. The summed E-state index contributed by atoms with van der Waals surface area (Å²) in [5.41, 5.74) is 5.36. The van der Waals surface area contributed by atoms with Crippen LogP contribution in [0.4, 0.5) is 5.82 Å². The van der Waals surface area contributed by atoms with E-state index < -0.39 is 10.0 Å². The molecule has 0 radical (unpaired) electrons. The fraction of sp³-hybridized carbons (Fsp3) is 0.714. The lowest BCUT2D eigenvalue weighted by molar-refractivity contribution is 0.499.